The number of fused-ring (bicyclic) bond motifs is 2. The van der Waals surface area contributed by atoms with Crippen LogP contribution in [0.5, 0.6) is 11.5 Å². The van der Waals surface area contributed by atoms with Crippen LogP contribution in [-0.2, 0) is 4.79 Å². The highest BCUT2D eigenvalue weighted by molar-refractivity contribution is 5.77. The van der Waals surface area contributed by atoms with Gasteiger partial charge in [-0.3, -0.25) is 4.79 Å². The van der Waals surface area contributed by atoms with E-state index >= 15 is 0 Å². The summed E-state index contributed by atoms with van der Waals surface area (Å²) in [6, 6.07) is 6.61. The van der Waals surface area contributed by atoms with Crippen LogP contribution < -0.4 is 19.7 Å². The molecule has 1 aromatic carbocycles. The number of carbonyl (C=O) groups excluding carboxylic acids is 1. The smallest absolute Gasteiger partial charge is 0.275 e. The average molecular weight is 416 g/mol. The van der Waals surface area contributed by atoms with E-state index in [2.05, 4.69) is 17.4 Å². The zero-order valence-corrected chi connectivity index (χ0v) is 17.8. The van der Waals surface area contributed by atoms with Gasteiger partial charge in [-0.25, -0.2) is 0 Å². The average Bonchev–Trinajstić information content (AvgIpc) is 3.22. The summed E-state index contributed by atoms with van der Waals surface area (Å²) in [6.45, 7) is 1.56. The van der Waals surface area contributed by atoms with E-state index in [1.54, 1.807) is 0 Å². The molecule has 2 aliphatic heterocycles. The van der Waals surface area contributed by atoms with Crippen molar-refractivity contribution in [1.82, 2.24) is 5.32 Å². The van der Waals surface area contributed by atoms with Crippen molar-refractivity contribution < 1.29 is 24.3 Å². The number of hydrogen-bond acceptors (Lipinski definition) is 4. The van der Waals surface area contributed by atoms with Gasteiger partial charge in [-0.2, -0.15) is 0 Å². The maximum atomic E-state index is 12.9. The molecule has 1 saturated heterocycles. The van der Waals surface area contributed by atoms with Crippen LogP contribution >= 0.6 is 0 Å². The number of nitrogens with one attached hydrogen (secondary N) is 2. The van der Waals surface area contributed by atoms with Gasteiger partial charge >= 0.3 is 0 Å². The lowest BCUT2D eigenvalue weighted by molar-refractivity contribution is -0.937. The van der Waals surface area contributed by atoms with E-state index in [4.69, 9.17) is 9.47 Å². The molecule has 3 fully saturated rings. The molecule has 0 radical (unpaired) electrons. The van der Waals surface area contributed by atoms with E-state index in [1.807, 2.05) is 6.07 Å². The number of rotatable bonds is 4. The second-order valence-electron chi connectivity index (χ2n) is 9.78. The van der Waals surface area contributed by atoms with Gasteiger partial charge in [0.25, 0.3) is 5.91 Å². The Kier molecular flexibility index (Phi) is 5.63. The number of benzene rings is 1. The molecule has 1 unspecified atom stereocenters. The van der Waals surface area contributed by atoms with Crippen LogP contribution in [0.1, 0.15) is 75.8 Å². The summed E-state index contributed by atoms with van der Waals surface area (Å²) < 4.78 is 11.1. The van der Waals surface area contributed by atoms with Crippen molar-refractivity contribution in [2.45, 2.75) is 81.9 Å². The SMILES string of the molecule is O=C(C[NH+]1CC[C@]2(O)CCCC[C@@H]2[C@H]1c1ccc2c(c1)OCO2)NC1CCCCC1. The molecular formula is C24H35N2O4+. The second kappa shape index (κ2) is 8.39. The van der Waals surface area contributed by atoms with Crippen molar-refractivity contribution >= 4 is 5.91 Å². The van der Waals surface area contributed by atoms with E-state index in [9.17, 15) is 9.90 Å². The van der Waals surface area contributed by atoms with Gasteiger partial charge in [0, 0.05) is 23.9 Å². The number of amides is 1. The van der Waals surface area contributed by atoms with Gasteiger partial charge in [0.1, 0.15) is 6.04 Å². The fourth-order valence-corrected chi connectivity index (χ4v) is 6.36. The minimum Gasteiger partial charge on any atom is -0.454 e. The molecule has 164 valence electrons. The van der Waals surface area contributed by atoms with Crippen LogP contribution in [0.15, 0.2) is 18.2 Å². The highest BCUT2D eigenvalue weighted by Crippen LogP contribution is 2.45. The first-order chi connectivity index (χ1) is 14.6. The number of hydrogen-bond donors (Lipinski definition) is 3. The maximum Gasteiger partial charge on any atom is 0.275 e. The van der Waals surface area contributed by atoms with Crippen LogP contribution in [0.4, 0.5) is 0 Å². The summed E-state index contributed by atoms with van der Waals surface area (Å²) in [5.74, 6) is 1.90. The standard InChI is InChI=1S/C24H34N2O4/c27-22(25-18-6-2-1-3-7-18)15-26-13-12-24(28)11-5-4-8-19(24)23(26)17-9-10-20-21(14-17)30-16-29-20/h9-10,14,18-19,23,28H,1-8,11-13,15-16H2,(H,25,27)/p+1/t19-,23-,24-/m1/s1. The summed E-state index contributed by atoms with van der Waals surface area (Å²) >= 11 is 0. The zero-order valence-electron chi connectivity index (χ0n) is 17.8. The number of ether oxygens (including phenoxy) is 2. The van der Waals surface area contributed by atoms with Gasteiger partial charge in [0.05, 0.1) is 12.1 Å². The Labute approximate surface area is 178 Å². The Balaban J connectivity index is 1.38. The molecule has 4 atom stereocenters. The van der Waals surface area contributed by atoms with Crippen molar-refractivity contribution in [2.24, 2.45) is 5.92 Å². The second-order valence-corrected chi connectivity index (χ2v) is 9.78. The number of carbonyl (C=O) groups is 1. The highest BCUT2D eigenvalue weighted by Gasteiger charge is 2.52. The fraction of sp³-hybridized carbons (Fsp3) is 0.708. The summed E-state index contributed by atoms with van der Waals surface area (Å²) in [7, 11) is 0. The van der Waals surface area contributed by atoms with Crippen LogP contribution in [0.2, 0.25) is 0 Å². The fourth-order valence-electron chi connectivity index (χ4n) is 6.36. The molecule has 1 aromatic rings. The first-order valence-corrected chi connectivity index (χ1v) is 11.9. The van der Waals surface area contributed by atoms with Crippen molar-refractivity contribution in [3.8, 4) is 11.5 Å². The molecule has 0 bridgehead atoms. The Morgan fingerprint density at radius 1 is 1.07 bits per heavy atom. The first kappa shape index (κ1) is 20.1. The van der Waals surface area contributed by atoms with Crippen molar-refractivity contribution in [3.63, 3.8) is 0 Å². The van der Waals surface area contributed by atoms with Gasteiger partial charge in [0.2, 0.25) is 6.79 Å². The van der Waals surface area contributed by atoms with Gasteiger partial charge in [0.15, 0.2) is 18.0 Å². The summed E-state index contributed by atoms with van der Waals surface area (Å²) in [5, 5.41) is 14.8. The lowest BCUT2D eigenvalue weighted by atomic mass is 9.66. The lowest BCUT2D eigenvalue weighted by Crippen LogP contribution is -3.16. The minimum absolute atomic E-state index is 0.107. The monoisotopic (exact) mass is 415 g/mol. The quantitative estimate of drug-likeness (QED) is 0.704. The third-order valence-electron chi connectivity index (χ3n) is 7.90. The first-order valence-electron chi connectivity index (χ1n) is 11.9. The molecule has 0 spiro atoms. The molecule has 2 saturated carbocycles. The number of likely N-dealkylation sites (tertiary alicyclic amines) is 1. The van der Waals surface area contributed by atoms with Crippen LogP contribution in [0.25, 0.3) is 0 Å². The van der Waals surface area contributed by atoms with E-state index in [1.165, 1.54) is 24.2 Å². The molecular weight excluding hydrogens is 380 g/mol. The molecule has 3 N–H and O–H groups in total. The predicted molar refractivity (Wildman–Crippen MR) is 113 cm³/mol. The Morgan fingerprint density at radius 3 is 2.73 bits per heavy atom. The number of piperidine rings is 1. The molecule has 6 heteroatoms. The molecule has 1 amide bonds. The number of aliphatic hydroxyl groups is 1. The van der Waals surface area contributed by atoms with Crippen LogP contribution in [0.3, 0.4) is 0 Å². The summed E-state index contributed by atoms with van der Waals surface area (Å²) in [4.78, 5) is 14.2. The van der Waals surface area contributed by atoms with Crippen LogP contribution in [0, 0.1) is 5.92 Å². The third-order valence-corrected chi connectivity index (χ3v) is 7.90. The van der Waals surface area contributed by atoms with Crippen molar-refractivity contribution in [1.29, 1.82) is 0 Å². The molecule has 5 rings (SSSR count). The third kappa shape index (κ3) is 3.92. The molecule has 2 heterocycles. The normalized spacial score (nSPS) is 33.7. The van der Waals surface area contributed by atoms with Crippen molar-refractivity contribution in [2.75, 3.05) is 19.9 Å². The zero-order chi connectivity index (χ0) is 20.6. The van der Waals surface area contributed by atoms with Gasteiger partial charge in [-0.05, 0) is 43.9 Å². The maximum absolute atomic E-state index is 12.9. The van der Waals surface area contributed by atoms with Gasteiger partial charge in [-0.1, -0.05) is 32.1 Å². The molecule has 0 aromatic heterocycles. The number of quaternary nitrogens is 1. The van der Waals surface area contributed by atoms with E-state index < -0.39 is 5.60 Å². The largest absolute Gasteiger partial charge is 0.454 e. The van der Waals surface area contributed by atoms with Gasteiger partial charge < -0.3 is 24.8 Å². The Morgan fingerprint density at radius 2 is 1.87 bits per heavy atom. The molecule has 30 heavy (non-hydrogen) atoms. The molecule has 4 aliphatic rings. The highest BCUT2D eigenvalue weighted by atomic mass is 16.7. The van der Waals surface area contributed by atoms with E-state index in [0.717, 1.165) is 68.6 Å². The Hall–Kier alpha value is -1.79. The van der Waals surface area contributed by atoms with E-state index in [-0.39, 0.29) is 24.7 Å². The van der Waals surface area contributed by atoms with E-state index in [0.29, 0.717) is 12.6 Å². The lowest BCUT2D eigenvalue weighted by Gasteiger charge is -2.50. The van der Waals surface area contributed by atoms with Gasteiger partial charge in [-0.15, -0.1) is 0 Å². The van der Waals surface area contributed by atoms with Crippen LogP contribution in [-0.4, -0.2) is 42.5 Å². The summed E-state index contributed by atoms with van der Waals surface area (Å²) in [6.07, 6.45) is 10.9. The molecule has 6 nitrogen and oxygen atoms in total. The minimum atomic E-state index is -0.608. The van der Waals surface area contributed by atoms with Crippen molar-refractivity contribution in [3.05, 3.63) is 23.8 Å². The predicted octanol–water partition coefficient (Wildman–Crippen LogP) is 2.12. The topological polar surface area (TPSA) is 72.2 Å². The Bertz CT molecular complexity index is 778. The molecule has 2 aliphatic carbocycles. The summed E-state index contributed by atoms with van der Waals surface area (Å²) in [5.41, 5.74) is 0.549.